The van der Waals surface area contributed by atoms with Crippen LogP contribution in [-0.4, -0.2) is 41.8 Å². The summed E-state index contributed by atoms with van der Waals surface area (Å²) in [5.41, 5.74) is 1.33. The molecule has 0 atom stereocenters. The molecule has 1 aromatic heterocycles. The summed E-state index contributed by atoms with van der Waals surface area (Å²) in [4.78, 5) is 38.7. The van der Waals surface area contributed by atoms with Crippen molar-refractivity contribution in [1.29, 1.82) is 0 Å². The summed E-state index contributed by atoms with van der Waals surface area (Å²) in [6.45, 7) is 1.95. The number of esters is 1. The van der Waals surface area contributed by atoms with Gasteiger partial charge in [0.2, 0.25) is 0 Å². The van der Waals surface area contributed by atoms with Crippen LogP contribution in [0.4, 0.5) is 4.79 Å². The number of nitrogens with one attached hydrogen (secondary N) is 2. The molecule has 2 N–H and O–H groups in total. The Morgan fingerprint density at radius 3 is 2.84 bits per heavy atom. The monoisotopic (exact) mass is 365 g/mol. The van der Waals surface area contributed by atoms with Crippen molar-refractivity contribution in [2.75, 3.05) is 18.9 Å². The Labute approximate surface area is 148 Å². The summed E-state index contributed by atoms with van der Waals surface area (Å²) in [5.74, 6) is -1.34. The molecule has 9 heteroatoms. The van der Waals surface area contributed by atoms with Crippen molar-refractivity contribution < 1.29 is 23.5 Å². The Bertz CT molecular complexity index is 713. The van der Waals surface area contributed by atoms with Crippen molar-refractivity contribution in [2.45, 2.75) is 25.0 Å². The van der Waals surface area contributed by atoms with Crippen LogP contribution in [0, 0.1) is 0 Å². The number of para-hydroxylation sites is 2. The molecule has 134 valence electrons. The third kappa shape index (κ3) is 6.46. The Morgan fingerprint density at radius 1 is 1.28 bits per heavy atom. The zero-order valence-electron chi connectivity index (χ0n) is 13.7. The zero-order chi connectivity index (χ0) is 18.1. The summed E-state index contributed by atoms with van der Waals surface area (Å²) in [7, 11) is 0. The molecule has 2 aromatic rings. The molecular formula is C16H19N3O5S. The van der Waals surface area contributed by atoms with Gasteiger partial charge in [0, 0.05) is 6.54 Å². The number of rotatable bonds is 8. The van der Waals surface area contributed by atoms with Crippen LogP contribution in [-0.2, 0) is 14.3 Å². The van der Waals surface area contributed by atoms with E-state index in [0.717, 1.165) is 24.6 Å². The fraction of sp³-hybridized carbons (Fsp3) is 0.375. The van der Waals surface area contributed by atoms with E-state index in [1.807, 2.05) is 19.1 Å². The van der Waals surface area contributed by atoms with Crippen LogP contribution >= 0.6 is 11.8 Å². The molecule has 25 heavy (non-hydrogen) atoms. The number of urea groups is 1. The van der Waals surface area contributed by atoms with Gasteiger partial charge in [0.05, 0.1) is 0 Å². The third-order valence-corrected chi connectivity index (χ3v) is 3.82. The second kappa shape index (κ2) is 9.67. The van der Waals surface area contributed by atoms with Gasteiger partial charge in [0.1, 0.15) is 11.3 Å². The summed E-state index contributed by atoms with van der Waals surface area (Å²) >= 11 is 1.07. The predicted molar refractivity (Wildman–Crippen MR) is 92.1 cm³/mol. The summed E-state index contributed by atoms with van der Waals surface area (Å²) < 4.78 is 10.3. The highest BCUT2D eigenvalue weighted by Gasteiger charge is 2.13. The van der Waals surface area contributed by atoms with E-state index in [-0.39, 0.29) is 5.75 Å². The second-order valence-electron chi connectivity index (χ2n) is 5.05. The van der Waals surface area contributed by atoms with Crippen LogP contribution in [0.25, 0.3) is 11.1 Å². The Hall–Kier alpha value is -2.55. The number of hydrogen-bond donors (Lipinski definition) is 2. The SMILES string of the molecule is CCCCNC(=O)NC(=O)COC(=O)CSc1nc2ccccc2o1. The lowest BCUT2D eigenvalue weighted by atomic mass is 10.3. The maximum atomic E-state index is 11.6. The lowest BCUT2D eigenvalue weighted by Crippen LogP contribution is -2.41. The topological polar surface area (TPSA) is 111 Å². The van der Waals surface area contributed by atoms with Gasteiger partial charge in [-0.25, -0.2) is 9.78 Å². The highest BCUT2D eigenvalue weighted by Crippen LogP contribution is 2.22. The van der Waals surface area contributed by atoms with E-state index < -0.39 is 24.5 Å². The minimum absolute atomic E-state index is 0.0528. The molecule has 0 radical (unpaired) electrons. The van der Waals surface area contributed by atoms with E-state index in [2.05, 4.69) is 15.6 Å². The van der Waals surface area contributed by atoms with Crippen molar-refractivity contribution in [1.82, 2.24) is 15.6 Å². The molecule has 0 saturated carbocycles. The predicted octanol–water partition coefficient (Wildman–Crippen LogP) is 2.09. The minimum Gasteiger partial charge on any atom is -0.455 e. The van der Waals surface area contributed by atoms with Gasteiger partial charge in [-0.15, -0.1) is 0 Å². The third-order valence-electron chi connectivity index (χ3n) is 3.02. The van der Waals surface area contributed by atoms with Crippen LogP contribution < -0.4 is 10.6 Å². The molecule has 0 aliphatic heterocycles. The molecule has 0 unspecified atom stereocenters. The molecule has 0 aliphatic rings. The fourth-order valence-electron chi connectivity index (χ4n) is 1.81. The highest BCUT2D eigenvalue weighted by molar-refractivity contribution is 7.99. The second-order valence-corrected chi connectivity index (χ2v) is 5.98. The average molecular weight is 365 g/mol. The maximum absolute atomic E-state index is 11.6. The number of carbonyl (C=O) groups is 3. The number of imide groups is 1. The first-order chi connectivity index (χ1) is 12.1. The number of thioether (sulfide) groups is 1. The van der Waals surface area contributed by atoms with Crippen LogP contribution in [0.2, 0.25) is 0 Å². The number of aromatic nitrogens is 1. The van der Waals surface area contributed by atoms with Crippen molar-refractivity contribution >= 4 is 40.8 Å². The number of ether oxygens (including phenoxy) is 1. The average Bonchev–Trinajstić information content (AvgIpc) is 3.01. The van der Waals surface area contributed by atoms with E-state index in [1.54, 1.807) is 12.1 Å². The number of unbranched alkanes of at least 4 members (excludes halogenated alkanes) is 1. The first-order valence-corrected chi connectivity index (χ1v) is 8.78. The molecule has 1 aromatic carbocycles. The van der Waals surface area contributed by atoms with Crippen LogP contribution in [0.15, 0.2) is 33.9 Å². The van der Waals surface area contributed by atoms with Crippen LogP contribution in [0.5, 0.6) is 0 Å². The summed E-state index contributed by atoms with van der Waals surface area (Å²) in [6, 6.07) is 6.64. The van der Waals surface area contributed by atoms with Crippen molar-refractivity contribution in [2.24, 2.45) is 0 Å². The van der Waals surface area contributed by atoms with Crippen molar-refractivity contribution in [3.8, 4) is 0 Å². The smallest absolute Gasteiger partial charge is 0.321 e. The molecule has 1 heterocycles. The van der Waals surface area contributed by atoms with Gasteiger partial charge in [-0.3, -0.25) is 14.9 Å². The standard InChI is InChI=1S/C16H19N3O5S/c1-2-3-8-17-15(22)19-13(20)9-23-14(21)10-25-16-18-11-6-4-5-7-12(11)24-16/h4-7H,2-3,8-10H2,1H3,(H2,17,19,20,22). The molecule has 0 saturated heterocycles. The molecule has 0 aliphatic carbocycles. The van der Waals surface area contributed by atoms with Crippen molar-refractivity contribution in [3.05, 3.63) is 24.3 Å². The van der Waals surface area contributed by atoms with Gasteiger partial charge in [0.15, 0.2) is 12.2 Å². The van der Waals surface area contributed by atoms with Gasteiger partial charge in [-0.2, -0.15) is 0 Å². The molecule has 0 spiro atoms. The molecule has 8 nitrogen and oxygen atoms in total. The van der Waals surface area contributed by atoms with Crippen LogP contribution in [0.3, 0.4) is 0 Å². The quantitative estimate of drug-likeness (QED) is 0.419. The van der Waals surface area contributed by atoms with Gasteiger partial charge >= 0.3 is 12.0 Å². The number of carbonyl (C=O) groups excluding carboxylic acids is 3. The molecule has 3 amide bonds. The van der Waals surface area contributed by atoms with E-state index in [4.69, 9.17) is 9.15 Å². The van der Waals surface area contributed by atoms with E-state index in [0.29, 0.717) is 22.9 Å². The van der Waals surface area contributed by atoms with Crippen molar-refractivity contribution in [3.63, 3.8) is 0 Å². The minimum atomic E-state index is -0.686. The first kappa shape index (κ1) is 18.8. The van der Waals surface area contributed by atoms with Gasteiger partial charge in [-0.1, -0.05) is 37.2 Å². The summed E-state index contributed by atoms with van der Waals surface area (Å²) in [6.07, 6.45) is 1.76. The molecule has 0 bridgehead atoms. The van der Waals surface area contributed by atoms with E-state index in [1.165, 1.54) is 0 Å². The Kier molecular flexibility index (Phi) is 7.27. The number of nitrogens with zero attached hydrogens (tertiary/aromatic N) is 1. The lowest BCUT2D eigenvalue weighted by molar-refractivity contribution is -0.145. The Morgan fingerprint density at radius 2 is 2.08 bits per heavy atom. The number of benzene rings is 1. The van der Waals surface area contributed by atoms with E-state index in [9.17, 15) is 14.4 Å². The van der Waals surface area contributed by atoms with Gasteiger partial charge < -0.3 is 14.5 Å². The lowest BCUT2D eigenvalue weighted by Gasteiger charge is -2.06. The molecule has 2 rings (SSSR count). The van der Waals surface area contributed by atoms with Gasteiger partial charge in [-0.05, 0) is 18.6 Å². The molecular weight excluding hydrogens is 346 g/mol. The molecule has 0 fully saturated rings. The van der Waals surface area contributed by atoms with E-state index >= 15 is 0 Å². The number of oxazole rings is 1. The maximum Gasteiger partial charge on any atom is 0.321 e. The number of hydrogen-bond acceptors (Lipinski definition) is 7. The highest BCUT2D eigenvalue weighted by atomic mass is 32.2. The Balaban J connectivity index is 1.66. The fourth-order valence-corrected chi connectivity index (χ4v) is 2.44. The number of fused-ring (bicyclic) bond motifs is 1. The largest absolute Gasteiger partial charge is 0.455 e. The zero-order valence-corrected chi connectivity index (χ0v) is 14.6. The van der Waals surface area contributed by atoms with Gasteiger partial charge in [0.25, 0.3) is 11.1 Å². The summed E-state index contributed by atoms with van der Waals surface area (Å²) in [5, 5.41) is 4.95. The van der Waals surface area contributed by atoms with Crippen LogP contribution in [0.1, 0.15) is 19.8 Å². The number of amides is 3. The normalized spacial score (nSPS) is 10.4. The first-order valence-electron chi connectivity index (χ1n) is 7.80.